The fraction of sp³-hybridized carbons (Fsp3) is 0.0137. The van der Waals surface area contributed by atoms with Crippen molar-refractivity contribution in [3.8, 4) is 55.9 Å². The molecule has 0 saturated carbocycles. The second-order valence-corrected chi connectivity index (χ2v) is 20.4. The van der Waals surface area contributed by atoms with Gasteiger partial charge in [-0.25, -0.2) is 0 Å². The summed E-state index contributed by atoms with van der Waals surface area (Å²) >= 11 is 0. The largest absolute Gasteiger partial charge is 0.310 e. The van der Waals surface area contributed by atoms with Gasteiger partial charge in [0.25, 0.3) is 0 Å². The van der Waals surface area contributed by atoms with Crippen LogP contribution in [0.4, 0.5) is 17.1 Å². The molecule has 0 radical (unpaired) electrons. The lowest BCUT2D eigenvalue weighted by Crippen LogP contribution is -2.26. The molecule has 354 valence electrons. The molecule has 3 heteroatoms. The van der Waals surface area contributed by atoms with Crippen LogP contribution in [-0.2, 0) is 5.41 Å². The Morgan fingerprint density at radius 3 is 1.13 bits per heavy atom. The van der Waals surface area contributed by atoms with Crippen LogP contribution in [0, 0.1) is 0 Å². The zero-order valence-corrected chi connectivity index (χ0v) is 41.5. The van der Waals surface area contributed by atoms with E-state index in [1.165, 1.54) is 93.8 Å². The van der Waals surface area contributed by atoms with E-state index >= 15 is 0 Å². The fourth-order valence-corrected chi connectivity index (χ4v) is 13.3. The minimum Gasteiger partial charge on any atom is -0.310 e. The monoisotopic (exact) mass is 965 g/mol. The molecule has 16 rings (SSSR count). The molecular formula is C73H47N3. The van der Waals surface area contributed by atoms with Crippen LogP contribution in [-0.4, -0.2) is 9.13 Å². The Kier molecular flexibility index (Phi) is 9.25. The van der Waals surface area contributed by atoms with Gasteiger partial charge in [0.15, 0.2) is 0 Å². The second-order valence-electron chi connectivity index (χ2n) is 20.4. The van der Waals surface area contributed by atoms with Crippen molar-refractivity contribution < 1.29 is 0 Å². The highest BCUT2D eigenvalue weighted by Crippen LogP contribution is 2.63. The Balaban J connectivity index is 0.981. The summed E-state index contributed by atoms with van der Waals surface area (Å²) in [6, 6.07) is 106. The van der Waals surface area contributed by atoms with Crippen LogP contribution in [0.1, 0.15) is 22.3 Å². The first-order chi connectivity index (χ1) is 37.7. The summed E-state index contributed by atoms with van der Waals surface area (Å²) in [5, 5.41) is 4.86. The average molecular weight is 966 g/mol. The van der Waals surface area contributed by atoms with Gasteiger partial charge in [-0.15, -0.1) is 0 Å². The van der Waals surface area contributed by atoms with E-state index in [9.17, 15) is 0 Å². The Labute approximate surface area is 441 Å². The van der Waals surface area contributed by atoms with E-state index in [0.29, 0.717) is 0 Å². The summed E-state index contributed by atoms with van der Waals surface area (Å²) in [5.74, 6) is 0. The van der Waals surface area contributed by atoms with Crippen LogP contribution in [0.2, 0.25) is 0 Å². The highest BCUT2D eigenvalue weighted by molar-refractivity contribution is 6.12. The third kappa shape index (κ3) is 6.11. The third-order valence-corrected chi connectivity index (χ3v) is 16.5. The number of rotatable bonds is 7. The average Bonchev–Trinajstić information content (AvgIpc) is 4.40. The van der Waals surface area contributed by atoms with Crippen molar-refractivity contribution in [2.24, 2.45) is 0 Å². The number of fused-ring (bicyclic) bond motifs is 16. The van der Waals surface area contributed by atoms with E-state index < -0.39 is 5.41 Å². The van der Waals surface area contributed by atoms with Crippen molar-refractivity contribution in [3.63, 3.8) is 0 Å². The summed E-state index contributed by atoms with van der Waals surface area (Å²) in [7, 11) is 0. The minimum absolute atomic E-state index is 0.499. The van der Waals surface area contributed by atoms with Crippen LogP contribution >= 0.6 is 0 Å². The molecule has 14 aromatic rings. The van der Waals surface area contributed by atoms with Crippen LogP contribution in [0.5, 0.6) is 0 Å². The van der Waals surface area contributed by atoms with Crippen LogP contribution in [0.25, 0.3) is 99.5 Å². The zero-order chi connectivity index (χ0) is 49.9. The SMILES string of the molecule is c1ccc(-c2cc(-c3ccccc3)cc(-n3c4ccccc4c4ccc(N(c5ccc6c(c5)C5(c7ccccc7-c7ccccc75)c5ccccc5-6)c5ccc6c7ccccc7n(-c7ccccc7)c6c5)cc43)c2)cc1. The van der Waals surface area contributed by atoms with Crippen molar-refractivity contribution in [1.82, 2.24) is 9.13 Å². The molecule has 3 nitrogen and oxygen atoms in total. The summed E-state index contributed by atoms with van der Waals surface area (Å²) < 4.78 is 4.92. The summed E-state index contributed by atoms with van der Waals surface area (Å²) in [6.45, 7) is 0. The van der Waals surface area contributed by atoms with Gasteiger partial charge < -0.3 is 14.0 Å². The van der Waals surface area contributed by atoms with E-state index in [0.717, 1.165) is 45.0 Å². The van der Waals surface area contributed by atoms with Crippen LogP contribution in [0.3, 0.4) is 0 Å². The van der Waals surface area contributed by atoms with Crippen molar-refractivity contribution in [2.75, 3.05) is 4.90 Å². The highest BCUT2D eigenvalue weighted by Gasteiger charge is 2.51. The van der Waals surface area contributed by atoms with Gasteiger partial charge in [-0.2, -0.15) is 0 Å². The maximum atomic E-state index is 2.51. The van der Waals surface area contributed by atoms with Crippen molar-refractivity contribution in [1.29, 1.82) is 0 Å². The van der Waals surface area contributed by atoms with Gasteiger partial charge in [-0.05, 0) is 146 Å². The van der Waals surface area contributed by atoms with E-state index in [1.54, 1.807) is 0 Å². The first-order valence-electron chi connectivity index (χ1n) is 26.3. The number of aromatic nitrogens is 2. The predicted octanol–water partition coefficient (Wildman–Crippen LogP) is 19.0. The first-order valence-corrected chi connectivity index (χ1v) is 26.3. The Bertz CT molecular complexity index is 4520. The van der Waals surface area contributed by atoms with Crippen LogP contribution < -0.4 is 4.90 Å². The highest BCUT2D eigenvalue weighted by atomic mass is 15.1. The second kappa shape index (κ2) is 16.5. The lowest BCUT2D eigenvalue weighted by Gasteiger charge is -2.32. The standard InChI is InChI=1S/C73H47N3/c1-4-20-48(21-5-1)50-42-51(49-22-6-2-7-23-49)44-56(43-50)76-70-35-19-14-30-62(70)64-41-38-55(47-72(64)76)74(54-37-40-63-61-29-13-18-34-69(61)75(71(63)46-54)52-24-8-3-9-25-52)53-36-39-60-59-28-12-17-33-67(59)73(68(60)45-53)65-31-15-10-26-57(65)58-27-11-16-32-66(58)73/h1-47H. The molecule has 2 aliphatic carbocycles. The Morgan fingerprint density at radius 2 is 0.618 bits per heavy atom. The van der Waals surface area contributed by atoms with E-state index in [4.69, 9.17) is 0 Å². The summed E-state index contributed by atoms with van der Waals surface area (Å²) in [6.07, 6.45) is 0. The van der Waals surface area contributed by atoms with Gasteiger partial charge in [0, 0.05) is 50.0 Å². The van der Waals surface area contributed by atoms with Crippen LogP contribution in [0.15, 0.2) is 285 Å². The number of benzene rings is 12. The van der Waals surface area contributed by atoms with Gasteiger partial charge in [0.2, 0.25) is 0 Å². The minimum atomic E-state index is -0.499. The van der Waals surface area contributed by atoms with Crippen molar-refractivity contribution in [2.45, 2.75) is 5.41 Å². The summed E-state index contributed by atoms with van der Waals surface area (Å²) in [4.78, 5) is 2.51. The molecule has 0 amide bonds. The molecular weight excluding hydrogens is 919 g/mol. The summed E-state index contributed by atoms with van der Waals surface area (Å²) in [5.41, 5.74) is 24.8. The maximum absolute atomic E-state index is 2.51. The zero-order valence-electron chi connectivity index (χ0n) is 41.5. The molecule has 0 aliphatic heterocycles. The molecule has 0 fully saturated rings. The Hall–Kier alpha value is -9.96. The van der Waals surface area contributed by atoms with Gasteiger partial charge >= 0.3 is 0 Å². The van der Waals surface area contributed by atoms with E-state index in [1.807, 2.05) is 0 Å². The van der Waals surface area contributed by atoms with Gasteiger partial charge in [0.1, 0.15) is 0 Å². The van der Waals surface area contributed by atoms with Crippen molar-refractivity contribution >= 4 is 60.7 Å². The molecule has 0 atom stereocenters. The fourth-order valence-electron chi connectivity index (χ4n) is 13.3. The van der Waals surface area contributed by atoms with Crippen molar-refractivity contribution in [3.05, 3.63) is 307 Å². The molecule has 2 aliphatic rings. The number of nitrogens with zero attached hydrogens (tertiary/aromatic N) is 3. The van der Waals surface area contributed by atoms with E-state index in [-0.39, 0.29) is 0 Å². The number of hydrogen-bond donors (Lipinski definition) is 0. The smallest absolute Gasteiger partial charge is 0.0726 e. The maximum Gasteiger partial charge on any atom is 0.0726 e. The lowest BCUT2D eigenvalue weighted by molar-refractivity contribution is 0.793. The lowest BCUT2D eigenvalue weighted by atomic mass is 9.70. The Morgan fingerprint density at radius 1 is 0.237 bits per heavy atom. The number of hydrogen-bond acceptors (Lipinski definition) is 1. The quantitative estimate of drug-likeness (QED) is 0.155. The van der Waals surface area contributed by atoms with Gasteiger partial charge in [0.05, 0.1) is 27.5 Å². The van der Waals surface area contributed by atoms with Gasteiger partial charge in [-0.3, -0.25) is 0 Å². The topological polar surface area (TPSA) is 13.1 Å². The number of anilines is 3. The molecule has 76 heavy (non-hydrogen) atoms. The predicted molar refractivity (Wildman–Crippen MR) is 317 cm³/mol. The first kappa shape index (κ1) is 42.5. The van der Waals surface area contributed by atoms with E-state index in [2.05, 4.69) is 299 Å². The number of para-hydroxylation sites is 3. The third-order valence-electron chi connectivity index (χ3n) is 16.5. The molecule has 0 N–H and O–H groups in total. The molecule has 2 heterocycles. The molecule has 1 spiro atoms. The molecule has 0 saturated heterocycles. The molecule has 0 bridgehead atoms. The molecule has 0 unspecified atom stereocenters. The molecule has 2 aromatic heterocycles. The normalized spacial score (nSPS) is 12.8. The molecule has 12 aromatic carbocycles. The van der Waals surface area contributed by atoms with Gasteiger partial charge in [-0.1, -0.05) is 206 Å².